The van der Waals surface area contributed by atoms with Crippen LogP contribution in [-0.2, 0) is 13.1 Å². The molecule has 0 radical (unpaired) electrons. The largest absolute Gasteiger partial charge is 0.361 e. The molecule has 0 spiro atoms. The third-order valence-electron chi connectivity index (χ3n) is 3.77. The summed E-state index contributed by atoms with van der Waals surface area (Å²) in [6.07, 6.45) is 3.95. The molecule has 3 aromatic rings. The van der Waals surface area contributed by atoms with Crippen molar-refractivity contribution in [3.05, 3.63) is 54.0 Å². The molecule has 0 bridgehead atoms. The lowest BCUT2D eigenvalue weighted by molar-refractivity contribution is 0.510. The van der Waals surface area contributed by atoms with Crippen LogP contribution in [0.3, 0.4) is 0 Å². The van der Waals surface area contributed by atoms with E-state index in [1.807, 2.05) is 10.9 Å². The van der Waals surface area contributed by atoms with Crippen molar-refractivity contribution in [2.75, 3.05) is 0 Å². The highest BCUT2D eigenvalue weighted by Gasteiger charge is 2.11. The Labute approximate surface area is 118 Å². The zero-order valence-corrected chi connectivity index (χ0v) is 11.9. The second kappa shape index (κ2) is 5.51. The average molecular weight is 268 g/mol. The molecular weight excluding hydrogens is 248 g/mol. The predicted octanol–water partition coefficient (Wildman–Crippen LogP) is 3.24. The van der Waals surface area contributed by atoms with Crippen LogP contribution in [0.5, 0.6) is 0 Å². The average Bonchev–Trinajstić information content (AvgIpc) is 3.11. The number of nitrogens with one attached hydrogen (secondary N) is 2. The van der Waals surface area contributed by atoms with Crippen molar-refractivity contribution in [1.29, 1.82) is 0 Å². The molecule has 2 N–H and O–H groups in total. The van der Waals surface area contributed by atoms with Gasteiger partial charge in [0.15, 0.2) is 0 Å². The van der Waals surface area contributed by atoms with Crippen LogP contribution in [0.25, 0.3) is 10.9 Å². The van der Waals surface area contributed by atoms with Gasteiger partial charge in [0.25, 0.3) is 0 Å². The number of hydrogen-bond donors (Lipinski definition) is 2. The van der Waals surface area contributed by atoms with Gasteiger partial charge in [-0.15, -0.1) is 0 Å². The maximum Gasteiger partial charge on any atom is 0.0550 e. The Balaban J connectivity index is 1.73. The van der Waals surface area contributed by atoms with Gasteiger partial charge in [-0.25, -0.2) is 0 Å². The van der Waals surface area contributed by atoms with Crippen LogP contribution in [0.4, 0.5) is 0 Å². The summed E-state index contributed by atoms with van der Waals surface area (Å²) in [7, 11) is 0. The van der Waals surface area contributed by atoms with Gasteiger partial charge in [0.05, 0.1) is 5.69 Å². The van der Waals surface area contributed by atoms with Gasteiger partial charge in [-0.3, -0.25) is 4.68 Å². The first-order chi connectivity index (χ1) is 9.79. The number of nitrogens with zero attached hydrogens (tertiary/aromatic N) is 2. The van der Waals surface area contributed by atoms with E-state index in [4.69, 9.17) is 0 Å². The number of aromatic nitrogens is 3. The van der Waals surface area contributed by atoms with Crippen molar-refractivity contribution in [2.45, 2.75) is 33.0 Å². The fraction of sp³-hybridized carbons (Fsp3) is 0.312. The highest BCUT2D eigenvalue weighted by Crippen LogP contribution is 2.19. The van der Waals surface area contributed by atoms with Crippen LogP contribution in [0, 0.1) is 0 Å². The predicted molar refractivity (Wildman–Crippen MR) is 81.5 cm³/mol. The molecular formula is C16H20N4. The van der Waals surface area contributed by atoms with Gasteiger partial charge >= 0.3 is 0 Å². The third kappa shape index (κ3) is 2.34. The summed E-state index contributed by atoms with van der Waals surface area (Å²) >= 11 is 0. The first-order valence-electron chi connectivity index (χ1n) is 7.09. The first-order valence-corrected chi connectivity index (χ1v) is 7.09. The number of H-pyrrole nitrogens is 1. The van der Waals surface area contributed by atoms with Crippen LogP contribution in [0.2, 0.25) is 0 Å². The Morgan fingerprint density at radius 1 is 1.30 bits per heavy atom. The van der Waals surface area contributed by atoms with Crippen molar-refractivity contribution >= 4 is 10.9 Å². The minimum absolute atomic E-state index is 0.283. The summed E-state index contributed by atoms with van der Waals surface area (Å²) in [4.78, 5) is 3.31. The molecule has 0 fully saturated rings. The zero-order valence-electron chi connectivity index (χ0n) is 11.9. The number of aromatic amines is 1. The van der Waals surface area contributed by atoms with E-state index in [2.05, 4.69) is 65.8 Å². The van der Waals surface area contributed by atoms with Crippen molar-refractivity contribution in [3.63, 3.8) is 0 Å². The van der Waals surface area contributed by atoms with Crippen LogP contribution in [-0.4, -0.2) is 14.8 Å². The van der Waals surface area contributed by atoms with Gasteiger partial charge < -0.3 is 10.3 Å². The van der Waals surface area contributed by atoms with E-state index >= 15 is 0 Å². The molecule has 104 valence electrons. The fourth-order valence-electron chi connectivity index (χ4n) is 2.62. The third-order valence-corrected chi connectivity index (χ3v) is 3.77. The van der Waals surface area contributed by atoms with Crippen molar-refractivity contribution in [2.24, 2.45) is 0 Å². The Morgan fingerprint density at radius 3 is 3.00 bits per heavy atom. The van der Waals surface area contributed by atoms with Gasteiger partial charge in [0.2, 0.25) is 0 Å². The van der Waals surface area contributed by atoms with Crippen LogP contribution in [0.1, 0.15) is 31.1 Å². The minimum Gasteiger partial charge on any atom is -0.361 e. The smallest absolute Gasteiger partial charge is 0.0550 e. The van der Waals surface area contributed by atoms with E-state index in [1.54, 1.807) is 0 Å². The van der Waals surface area contributed by atoms with Gasteiger partial charge in [-0.2, -0.15) is 5.10 Å². The number of hydrogen-bond acceptors (Lipinski definition) is 2. The summed E-state index contributed by atoms with van der Waals surface area (Å²) in [5.74, 6) is 0. The number of aryl methyl sites for hydroxylation is 1. The highest BCUT2D eigenvalue weighted by atomic mass is 15.3. The molecule has 0 saturated carbocycles. The molecule has 1 atom stereocenters. The molecule has 0 amide bonds. The van der Waals surface area contributed by atoms with Crippen molar-refractivity contribution in [3.8, 4) is 0 Å². The molecule has 4 nitrogen and oxygen atoms in total. The number of benzene rings is 1. The summed E-state index contributed by atoms with van der Waals surface area (Å²) in [5, 5.41) is 9.18. The molecule has 0 saturated heterocycles. The number of fused-ring (bicyclic) bond motifs is 1. The number of rotatable bonds is 5. The molecule has 2 heterocycles. The minimum atomic E-state index is 0.283. The second-order valence-corrected chi connectivity index (χ2v) is 5.03. The van der Waals surface area contributed by atoms with E-state index in [0.717, 1.165) is 13.1 Å². The summed E-state index contributed by atoms with van der Waals surface area (Å²) in [6, 6.07) is 10.8. The van der Waals surface area contributed by atoms with Crippen LogP contribution in [0.15, 0.2) is 42.7 Å². The fourth-order valence-corrected chi connectivity index (χ4v) is 2.62. The maximum absolute atomic E-state index is 4.32. The van der Waals surface area contributed by atoms with Crippen LogP contribution < -0.4 is 5.32 Å². The quantitative estimate of drug-likeness (QED) is 0.746. The molecule has 0 aliphatic heterocycles. The van der Waals surface area contributed by atoms with Gasteiger partial charge in [0.1, 0.15) is 0 Å². The van der Waals surface area contributed by atoms with Crippen LogP contribution >= 0.6 is 0 Å². The summed E-state index contributed by atoms with van der Waals surface area (Å²) in [5.41, 5.74) is 3.72. The number of para-hydroxylation sites is 1. The Morgan fingerprint density at radius 2 is 2.15 bits per heavy atom. The molecule has 2 aromatic heterocycles. The lowest BCUT2D eigenvalue weighted by Crippen LogP contribution is -2.21. The second-order valence-electron chi connectivity index (χ2n) is 5.03. The summed E-state index contributed by atoms with van der Waals surface area (Å²) < 4.78 is 2.03. The maximum atomic E-state index is 4.32. The molecule has 1 unspecified atom stereocenters. The molecule has 1 aromatic carbocycles. The Bertz CT molecular complexity index is 695. The molecule has 20 heavy (non-hydrogen) atoms. The molecule has 0 aliphatic rings. The lowest BCUT2D eigenvalue weighted by atomic mass is 10.1. The molecule has 4 heteroatoms. The topological polar surface area (TPSA) is 45.6 Å². The highest BCUT2D eigenvalue weighted by molar-refractivity contribution is 5.82. The normalized spacial score (nSPS) is 12.9. The van der Waals surface area contributed by atoms with E-state index in [9.17, 15) is 0 Å². The summed E-state index contributed by atoms with van der Waals surface area (Å²) in [6.45, 7) is 6.04. The van der Waals surface area contributed by atoms with Gasteiger partial charge in [0, 0.05) is 42.4 Å². The van der Waals surface area contributed by atoms with E-state index in [1.165, 1.54) is 22.2 Å². The monoisotopic (exact) mass is 268 g/mol. The lowest BCUT2D eigenvalue weighted by Gasteiger charge is -2.15. The standard InChI is InChI=1S/C16H20N4/c1-3-20-16(8-9-19-20)12(2)17-10-13-11-18-15-7-5-4-6-14(13)15/h4-9,11-12,17-18H,3,10H2,1-2H3. The molecule has 3 rings (SSSR count). The Hall–Kier alpha value is -2.07. The van der Waals surface area contributed by atoms with Gasteiger partial charge in [-0.1, -0.05) is 18.2 Å². The Kier molecular flexibility index (Phi) is 3.56. The van der Waals surface area contributed by atoms with Crippen molar-refractivity contribution < 1.29 is 0 Å². The van der Waals surface area contributed by atoms with Crippen molar-refractivity contribution in [1.82, 2.24) is 20.1 Å². The first kappa shape index (κ1) is 12.9. The van der Waals surface area contributed by atoms with E-state index in [0.29, 0.717) is 0 Å². The van der Waals surface area contributed by atoms with E-state index < -0.39 is 0 Å². The SMILES string of the molecule is CCn1nccc1C(C)NCc1c[nH]c2ccccc12. The zero-order chi connectivity index (χ0) is 13.9. The van der Waals surface area contributed by atoms with E-state index in [-0.39, 0.29) is 6.04 Å². The molecule has 0 aliphatic carbocycles. The van der Waals surface area contributed by atoms with Gasteiger partial charge in [-0.05, 0) is 31.5 Å².